The molecule has 6 nitrogen and oxygen atoms in total. The summed E-state index contributed by atoms with van der Waals surface area (Å²) in [6.45, 7) is 14.2. The average Bonchev–Trinajstić information content (AvgIpc) is 2.40. The van der Waals surface area contributed by atoms with Crippen molar-refractivity contribution in [3.05, 3.63) is 46.8 Å². The van der Waals surface area contributed by atoms with E-state index in [1.807, 2.05) is 0 Å². The van der Waals surface area contributed by atoms with Gasteiger partial charge in [-0.05, 0) is 58.8 Å². The Bertz CT molecular complexity index is 601. The van der Waals surface area contributed by atoms with E-state index in [1.165, 1.54) is 0 Å². The second-order valence-electron chi connectivity index (χ2n) is 6.53. The van der Waals surface area contributed by atoms with Gasteiger partial charge in [-0.15, -0.1) is 0 Å². The first-order chi connectivity index (χ1) is 10.9. The first kappa shape index (κ1) is 21.7. The fourth-order valence-corrected chi connectivity index (χ4v) is 1.66. The molecular weight excluding hydrogens is 306 g/mol. The third-order valence-corrected chi connectivity index (χ3v) is 2.91. The summed E-state index contributed by atoms with van der Waals surface area (Å²) in [4.78, 5) is 24.1. The Morgan fingerprint density at radius 3 is 2.08 bits per heavy atom. The van der Waals surface area contributed by atoms with Crippen LogP contribution in [-0.2, 0) is 9.53 Å². The van der Waals surface area contributed by atoms with Gasteiger partial charge in [-0.1, -0.05) is 12.7 Å². The summed E-state index contributed by atoms with van der Waals surface area (Å²) >= 11 is 0. The zero-order valence-electron chi connectivity index (χ0n) is 15.4. The maximum absolute atomic E-state index is 12.3. The van der Waals surface area contributed by atoms with Crippen LogP contribution in [0.1, 0.15) is 41.5 Å². The predicted molar refractivity (Wildman–Crippen MR) is 97.0 cm³/mol. The number of alkyl carbamates (subject to hydrolysis) is 1. The molecule has 0 saturated heterocycles. The molecule has 0 fully saturated rings. The van der Waals surface area contributed by atoms with Crippen molar-refractivity contribution < 1.29 is 14.3 Å². The molecule has 0 aromatic rings. The number of nitrogens with two attached hydrogens (primary N) is 2. The summed E-state index contributed by atoms with van der Waals surface area (Å²) in [6, 6.07) is 0. The molecule has 0 radical (unpaired) electrons. The molecule has 0 spiro atoms. The van der Waals surface area contributed by atoms with Crippen LogP contribution in [0.15, 0.2) is 46.8 Å². The summed E-state index contributed by atoms with van der Waals surface area (Å²) in [5.41, 5.74) is 12.9. The Labute approximate surface area is 144 Å². The van der Waals surface area contributed by atoms with Crippen LogP contribution >= 0.6 is 0 Å². The van der Waals surface area contributed by atoms with Crippen LogP contribution in [0.5, 0.6) is 0 Å². The number of ketones is 1. The molecule has 0 aromatic carbocycles. The highest BCUT2D eigenvalue weighted by molar-refractivity contribution is 6.08. The van der Waals surface area contributed by atoms with Crippen LogP contribution in [0, 0.1) is 0 Å². The third-order valence-electron chi connectivity index (χ3n) is 2.91. The molecule has 0 rings (SSSR count). The molecular formula is C18H29N3O3. The van der Waals surface area contributed by atoms with Gasteiger partial charge in [-0.25, -0.2) is 4.79 Å². The smallest absolute Gasteiger partial charge is 0.412 e. The minimum Gasteiger partial charge on any atom is -0.444 e. The van der Waals surface area contributed by atoms with E-state index in [2.05, 4.69) is 11.9 Å². The molecule has 0 aliphatic heterocycles. The number of amides is 1. The fourth-order valence-electron chi connectivity index (χ4n) is 1.66. The van der Waals surface area contributed by atoms with Gasteiger partial charge < -0.3 is 16.2 Å². The van der Waals surface area contributed by atoms with Gasteiger partial charge in [0.05, 0.1) is 0 Å². The van der Waals surface area contributed by atoms with Crippen molar-refractivity contribution in [2.24, 2.45) is 11.5 Å². The number of hydrogen-bond donors (Lipinski definition) is 3. The molecule has 0 aliphatic rings. The first-order valence-electron chi connectivity index (χ1n) is 7.63. The number of carbonyl (C=O) groups excluding carboxylic acids is 2. The van der Waals surface area contributed by atoms with Crippen molar-refractivity contribution in [1.82, 2.24) is 5.32 Å². The Morgan fingerprint density at radius 2 is 1.71 bits per heavy atom. The standard InChI is InChI=1S/C18H29N3O3/c1-11(2)15(21-17(23)24-18(5,6)7)9-8-12(3)16(22)14(10-19)13(4)20/h8-9H,1,10,19-20H2,2-7H3,(H,21,23)/b12-8+,14-13-,15-9+. The van der Waals surface area contributed by atoms with E-state index < -0.39 is 11.7 Å². The van der Waals surface area contributed by atoms with Gasteiger partial charge >= 0.3 is 6.09 Å². The van der Waals surface area contributed by atoms with Gasteiger partial charge in [0, 0.05) is 23.5 Å². The molecule has 134 valence electrons. The van der Waals surface area contributed by atoms with E-state index >= 15 is 0 Å². The number of nitrogens with one attached hydrogen (secondary N) is 1. The van der Waals surface area contributed by atoms with Crippen LogP contribution in [-0.4, -0.2) is 24.0 Å². The normalized spacial score (nSPS) is 14.0. The second kappa shape index (κ2) is 9.08. The molecule has 0 atom stereocenters. The van der Waals surface area contributed by atoms with Gasteiger partial charge in [0.25, 0.3) is 0 Å². The van der Waals surface area contributed by atoms with Crippen LogP contribution in [0.2, 0.25) is 0 Å². The van der Waals surface area contributed by atoms with Crippen LogP contribution < -0.4 is 16.8 Å². The minimum absolute atomic E-state index is 0.0690. The number of rotatable bonds is 6. The second-order valence-corrected chi connectivity index (χ2v) is 6.53. The van der Waals surface area contributed by atoms with Crippen molar-refractivity contribution in [3.8, 4) is 0 Å². The zero-order valence-corrected chi connectivity index (χ0v) is 15.4. The lowest BCUT2D eigenvalue weighted by atomic mass is 10.0. The van der Waals surface area contributed by atoms with Crippen LogP contribution in [0.3, 0.4) is 0 Å². The quantitative estimate of drug-likeness (QED) is 0.511. The largest absolute Gasteiger partial charge is 0.444 e. The maximum Gasteiger partial charge on any atom is 0.412 e. The topological polar surface area (TPSA) is 107 Å². The third kappa shape index (κ3) is 7.78. The summed E-state index contributed by atoms with van der Waals surface area (Å²) in [5.74, 6) is -0.230. The van der Waals surface area contributed by atoms with Gasteiger partial charge in [-0.3, -0.25) is 10.1 Å². The van der Waals surface area contributed by atoms with Crippen molar-refractivity contribution in [3.63, 3.8) is 0 Å². The average molecular weight is 335 g/mol. The summed E-state index contributed by atoms with van der Waals surface area (Å²) in [6.07, 6.45) is 2.59. The van der Waals surface area contributed by atoms with E-state index in [4.69, 9.17) is 16.2 Å². The van der Waals surface area contributed by atoms with Crippen molar-refractivity contribution in [2.75, 3.05) is 6.54 Å². The van der Waals surface area contributed by atoms with Crippen LogP contribution in [0.25, 0.3) is 0 Å². The number of hydrogen-bond acceptors (Lipinski definition) is 5. The van der Waals surface area contributed by atoms with E-state index in [1.54, 1.807) is 53.7 Å². The Hall–Kier alpha value is -2.34. The van der Waals surface area contributed by atoms with Crippen molar-refractivity contribution in [2.45, 2.75) is 47.1 Å². The van der Waals surface area contributed by atoms with Crippen molar-refractivity contribution >= 4 is 11.9 Å². The summed E-state index contributed by atoms with van der Waals surface area (Å²) in [7, 11) is 0. The summed E-state index contributed by atoms with van der Waals surface area (Å²) < 4.78 is 5.20. The number of Topliss-reactive ketones (excluding diaryl/α,β-unsaturated/α-hetero) is 1. The monoisotopic (exact) mass is 335 g/mol. The zero-order chi connectivity index (χ0) is 19.1. The van der Waals surface area contributed by atoms with E-state index in [9.17, 15) is 9.59 Å². The molecule has 0 heterocycles. The summed E-state index contributed by atoms with van der Waals surface area (Å²) in [5, 5.41) is 2.62. The van der Waals surface area contributed by atoms with E-state index in [0.29, 0.717) is 28.1 Å². The van der Waals surface area contributed by atoms with Gasteiger partial charge in [0.15, 0.2) is 5.78 Å². The molecule has 0 bridgehead atoms. The van der Waals surface area contributed by atoms with Crippen LogP contribution in [0.4, 0.5) is 4.79 Å². The number of carbonyl (C=O) groups is 2. The van der Waals surface area contributed by atoms with Gasteiger partial charge in [-0.2, -0.15) is 0 Å². The van der Waals surface area contributed by atoms with Crippen molar-refractivity contribution in [1.29, 1.82) is 0 Å². The predicted octanol–water partition coefficient (Wildman–Crippen LogP) is 2.68. The first-order valence-corrected chi connectivity index (χ1v) is 7.63. The molecule has 0 aliphatic carbocycles. The number of allylic oxidation sites excluding steroid dienone is 5. The molecule has 0 unspecified atom stereocenters. The SMILES string of the molecule is C=C(C)/C(=C\C=C(/C)C(=O)/C(CN)=C(/C)N)NC(=O)OC(C)(C)C. The maximum atomic E-state index is 12.3. The van der Waals surface area contributed by atoms with E-state index in [-0.39, 0.29) is 12.3 Å². The Morgan fingerprint density at radius 1 is 1.17 bits per heavy atom. The number of ether oxygens (including phenoxy) is 1. The van der Waals surface area contributed by atoms with E-state index in [0.717, 1.165) is 0 Å². The fraction of sp³-hybridized carbons (Fsp3) is 0.444. The lowest BCUT2D eigenvalue weighted by Crippen LogP contribution is -2.32. The lowest BCUT2D eigenvalue weighted by molar-refractivity contribution is -0.112. The molecule has 0 saturated carbocycles. The Balaban J connectivity index is 5.35. The molecule has 6 heteroatoms. The minimum atomic E-state index is -0.606. The van der Waals surface area contributed by atoms with Gasteiger partial charge in [0.2, 0.25) is 0 Å². The highest BCUT2D eigenvalue weighted by atomic mass is 16.6. The molecule has 24 heavy (non-hydrogen) atoms. The van der Waals surface area contributed by atoms with Gasteiger partial charge in [0.1, 0.15) is 5.60 Å². The Kier molecular flexibility index (Phi) is 8.19. The molecule has 0 aromatic heterocycles. The lowest BCUT2D eigenvalue weighted by Gasteiger charge is -2.20. The molecule has 5 N–H and O–H groups in total. The highest BCUT2D eigenvalue weighted by Crippen LogP contribution is 2.12. The highest BCUT2D eigenvalue weighted by Gasteiger charge is 2.17. The molecule has 1 amide bonds.